The first-order valence-electron chi connectivity index (χ1n) is 6.14. The average Bonchev–Trinajstić information content (AvgIpc) is 2.86. The Morgan fingerprint density at radius 1 is 1.05 bits per heavy atom. The number of thiophene rings is 1. The van der Waals surface area contributed by atoms with Crippen LogP contribution >= 0.6 is 11.3 Å². The van der Waals surface area contributed by atoms with E-state index in [-0.39, 0.29) is 0 Å². The average molecular weight is 283 g/mol. The molecule has 0 saturated heterocycles. The van der Waals surface area contributed by atoms with Gasteiger partial charge in [0.05, 0.1) is 10.9 Å². The largest absolute Gasteiger partial charge is 0.292 e. The fraction of sp³-hybridized carbons (Fsp3) is 0.188. The number of aryl methyl sites for hydroxylation is 2. The molecule has 0 unspecified atom stereocenters. The Bertz CT molecular complexity index is 692. The standard InChI is InChI=1S/C16H13NO2S/c1-10-3-6-12(7-4-10)15(18)13(9-17)16(19)14-8-5-11(2)20-14/h3-8,13H,1-2H3/t13-/m1/s1. The third-order valence-electron chi connectivity index (χ3n) is 2.97. The molecule has 0 spiro atoms. The van der Waals surface area contributed by atoms with Crippen LogP contribution in [-0.4, -0.2) is 11.6 Å². The van der Waals surface area contributed by atoms with E-state index in [0.717, 1.165) is 10.4 Å². The van der Waals surface area contributed by atoms with Crippen LogP contribution in [0.3, 0.4) is 0 Å². The van der Waals surface area contributed by atoms with Gasteiger partial charge >= 0.3 is 0 Å². The zero-order valence-electron chi connectivity index (χ0n) is 11.2. The van der Waals surface area contributed by atoms with Crippen molar-refractivity contribution in [3.8, 4) is 6.07 Å². The van der Waals surface area contributed by atoms with Gasteiger partial charge in [-0.05, 0) is 26.0 Å². The summed E-state index contributed by atoms with van der Waals surface area (Å²) in [5, 5.41) is 9.16. The van der Waals surface area contributed by atoms with Gasteiger partial charge in [0.2, 0.25) is 0 Å². The van der Waals surface area contributed by atoms with Gasteiger partial charge in [0, 0.05) is 10.4 Å². The fourth-order valence-corrected chi connectivity index (χ4v) is 2.67. The smallest absolute Gasteiger partial charge is 0.197 e. The van der Waals surface area contributed by atoms with Crippen molar-refractivity contribution in [2.24, 2.45) is 5.92 Å². The van der Waals surface area contributed by atoms with Crippen LogP contribution in [0.25, 0.3) is 0 Å². The molecule has 0 aliphatic heterocycles. The topological polar surface area (TPSA) is 57.9 Å². The van der Waals surface area contributed by atoms with E-state index in [2.05, 4.69) is 0 Å². The lowest BCUT2D eigenvalue weighted by Crippen LogP contribution is -2.22. The first-order valence-corrected chi connectivity index (χ1v) is 6.95. The number of carbonyl (C=O) groups is 2. The summed E-state index contributed by atoms with van der Waals surface area (Å²) < 4.78 is 0. The van der Waals surface area contributed by atoms with Crippen LogP contribution in [0.4, 0.5) is 0 Å². The molecule has 0 aliphatic rings. The van der Waals surface area contributed by atoms with E-state index in [1.54, 1.807) is 30.3 Å². The fourth-order valence-electron chi connectivity index (χ4n) is 1.83. The summed E-state index contributed by atoms with van der Waals surface area (Å²) in [6.45, 7) is 3.79. The molecule has 4 heteroatoms. The molecule has 0 saturated carbocycles. The summed E-state index contributed by atoms with van der Waals surface area (Å²) in [5.74, 6) is -2.13. The molecular weight excluding hydrogens is 270 g/mol. The first-order chi connectivity index (χ1) is 9.52. The number of ketones is 2. The zero-order valence-corrected chi connectivity index (χ0v) is 12.0. The molecule has 1 atom stereocenters. The van der Waals surface area contributed by atoms with E-state index in [1.807, 2.05) is 26.0 Å². The van der Waals surface area contributed by atoms with Gasteiger partial charge in [-0.15, -0.1) is 11.3 Å². The van der Waals surface area contributed by atoms with E-state index in [1.165, 1.54) is 11.3 Å². The molecule has 20 heavy (non-hydrogen) atoms. The lowest BCUT2D eigenvalue weighted by Gasteiger charge is -2.06. The monoisotopic (exact) mass is 283 g/mol. The second-order valence-corrected chi connectivity index (χ2v) is 5.85. The number of Topliss-reactive ketones (excluding diaryl/α,β-unsaturated/α-hetero) is 2. The molecule has 1 aromatic heterocycles. The number of hydrogen-bond acceptors (Lipinski definition) is 4. The Labute approximate surface area is 121 Å². The van der Waals surface area contributed by atoms with Gasteiger partial charge in [-0.1, -0.05) is 29.8 Å². The van der Waals surface area contributed by atoms with Crippen molar-refractivity contribution in [1.29, 1.82) is 5.26 Å². The Morgan fingerprint density at radius 2 is 1.70 bits per heavy atom. The summed E-state index contributed by atoms with van der Waals surface area (Å²) in [6, 6.07) is 12.2. The second-order valence-electron chi connectivity index (χ2n) is 4.57. The number of carbonyl (C=O) groups excluding carboxylic acids is 2. The predicted molar refractivity (Wildman–Crippen MR) is 78.0 cm³/mol. The first kappa shape index (κ1) is 14.2. The van der Waals surface area contributed by atoms with Crippen molar-refractivity contribution in [2.45, 2.75) is 13.8 Å². The van der Waals surface area contributed by atoms with E-state index in [4.69, 9.17) is 5.26 Å². The van der Waals surface area contributed by atoms with Crippen LogP contribution in [0.5, 0.6) is 0 Å². The molecule has 0 amide bonds. The molecule has 0 fully saturated rings. The minimum Gasteiger partial charge on any atom is -0.292 e. The minimum absolute atomic E-state index is 0.392. The highest BCUT2D eigenvalue weighted by atomic mass is 32.1. The zero-order chi connectivity index (χ0) is 14.7. The molecule has 0 N–H and O–H groups in total. The van der Waals surface area contributed by atoms with Crippen molar-refractivity contribution in [1.82, 2.24) is 0 Å². The normalized spacial score (nSPS) is 11.7. The summed E-state index contributed by atoms with van der Waals surface area (Å²) >= 11 is 1.30. The van der Waals surface area contributed by atoms with Crippen LogP contribution in [0, 0.1) is 31.1 Å². The molecule has 0 aliphatic carbocycles. The SMILES string of the molecule is Cc1ccc(C(=O)[C@@H](C#N)C(=O)c2ccc(C)s2)cc1. The van der Waals surface area contributed by atoms with Gasteiger partial charge in [0.15, 0.2) is 17.5 Å². The van der Waals surface area contributed by atoms with Crippen LogP contribution < -0.4 is 0 Å². The highest BCUT2D eigenvalue weighted by molar-refractivity contribution is 7.14. The molecule has 100 valence electrons. The van der Waals surface area contributed by atoms with Crippen molar-refractivity contribution in [3.05, 3.63) is 57.3 Å². The molecule has 3 nitrogen and oxygen atoms in total. The van der Waals surface area contributed by atoms with Gasteiger partial charge in [0.1, 0.15) is 0 Å². The van der Waals surface area contributed by atoms with Gasteiger partial charge in [-0.25, -0.2) is 0 Å². The molecule has 2 aromatic rings. The Kier molecular flexibility index (Phi) is 4.11. The highest BCUT2D eigenvalue weighted by Crippen LogP contribution is 2.21. The van der Waals surface area contributed by atoms with Gasteiger partial charge in [-0.2, -0.15) is 5.26 Å². The molecular formula is C16H13NO2S. The van der Waals surface area contributed by atoms with Crippen molar-refractivity contribution >= 4 is 22.9 Å². The summed E-state index contributed by atoms with van der Waals surface area (Å²) in [6.07, 6.45) is 0. The maximum atomic E-state index is 12.3. The quantitative estimate of drug-likeness (QED) is 0.636. The molecule has 0 radical (unpaired) electrons. The number of nitrogens with zero attached hydrogens (tertiary/aromatic N) is 1. The van der Waals surface area contributed by atoms with Gasteiger partial charge in [0.25, 0.3) is 0 Å². The second kappa shape index (κ2) is 5.81. The van der Waals surface area contributed by atoms with Gasteiger partial charge in [-0.3, -0.25) is 9.59 Å². The molecule has 1 heterocycles. The summed E-state index contributed by atoms with van der Waals surface area (Å²) in [5.41, 5.74) is 1.42. The van der Waals surface area contributed by atoms with E-state index >= 15 is 0 Å². The van der Waals surface area contributed by atoms with E-state index in [0.29, 0.717) is 10.4 Å². The number of benzene rings is 1. The predicted octanol–water partition coefficient (Wildman–Crippen LogP) is 3.57. The van der Waals surface area contributed by atoms with E-state index in [9.17, 15) is 9.59 Å². The molecule has 2 rings (SSSR count). The maximum Gasteiger partial charge on any atom is 0.197 e. The van der Waals surface area contributed by atoms with Crippen molar-refractivity contribution < 1.29 is 9.59 Å². The maximum absolute atomic E-state index is 12.3. The van der Waals surface area contributed by atoms with Crippen LogP contribution in [0.1, 0.15) is 30.5 Å². The highest BCUT2D eigenvalue weighted by Gasteiger charge is 2.29. The third kappa shape index (κ3) is 2.84. The molecule has 0 bridgehead atoms. The Balaban J connectivity index is 2.28. The van der Waals surface area contributed by atoms with E-state index < -0.39 is 17.5 Å². The lowest BCUT2D eigenvalue weighted by atomic mass is 9.94. The third-order valence-corrected chi connectivity index (χ3v) is 3.99. The van der Waals surface area contributed by atoms with Gasteiger partial charge < -0.3 is 0 Å². The number of nitriles is 1. The number of hydrogen-bond donors (Lipinski definition) is 0. The Hall–Kier alpha value is -2.25. The lowest BCUT2D eigenvalue weighted by molar-refractivity contribution is 0.0848. The van der Waals surface area contributed by atoms with Crippen molar-refractivity contribution in [3.63, 3.8) is 0 Å². The minimum atomic E-state index is -1.27. The van der Waals surface area contributed by atoms with Crippen LogP contribution in [0.2, 0.25) is 0 Å². The summed E-state index contributed by atoms with van der Waals surface area (Å²) in [7, 11) is 0. The Morgan fingerprint density at radius 3 is 2.20 bits per heavy atom. The van der Waals surface area contributed by atoms with Crippen LogP contribution in [-0.2, 0) is 0 Å². The molecule has 1 aromatic carbocycles. The summed E-state index contributed by atoms with van der Waals surface area (Å²) in [4.78, 5) is 25.9. The van der Waals surface area contributed by atoms with Crippen LogP contribution in [0.15, 0.2) is 36.4 Å². The number of rotatable bonds is 4. The van der Waals surface area contributed by atoms with Crippen molar-refractivity contribution in [2.75, 3.05) is 0 Å².